The molecule has 3 aliphatic carbocycles. The molecule has 2 fully saturated rings. The van der Waals surface area contributed by atoms with Gasteiger partial charge < -0.3 is 0 Å². The summed E-state index contributed by atoms with van der Waals surface area (Å²) in [5.41, 5.74) is 1.14. The minimum Gasteiger partial charge on any atom is -0.203 e. The van der Waals surface area contributed by atoms with Gasteiger partial charge in [-0.1, -0.05) is 63.1 Å². The van der Waals surface area contributed by atoms with Crippen LogP contribution in [0.2, 0.25) is 0 Å². The molecule has 0 saturated heterocycles. The third kappa shape index (κ3) is 5.06. The molecule has 164 valence electrons. The zero-order valence-electron chi connectivity index (χ0n) is 18.8. The molecule has 4 rings (SSSR count). The fourth-order valence-corrected chi connectivity index (χ4v) is 5.81. The second kappa shape index (κ2) is 9.79. The fourth-order valence-electron chi connectivity index (χ4n) is 5.81. The maximum atomic E-state index is 15.0. The van der Waals surface area contributed by atoms with Crippen LogP contribution in [-0.2, 0) is 0 Å². The third-order valence-corrected chi connectivity index (χ3v) is 8.07. The molecule has 2 unspecified atom stereocenters. The van der Waals surface area contributed by atoms with Crippen molar-refractivity contribution in [3.63, 3.8) is 0 Å². The smallest absolute Gasteiger partial charge is 0.162 e. The molecule has 0 spiro atoms. The SMILES string of the molecule is CC1C=CC(c2ccc(C3CCC(/C=C/C4CCC(C)CC4)CC3)c(F)c2F)CC1. The number of benzene rings is 1. The predicted octanol–water partition coefficient (Wildman–Crippen LogP) is 8.69. The average Bonchev–Trinajstić information content (AvgIpc) is 2.76. The Morgan fingerprint density at radius 2 is 1.23 bits per heavy atom. The first kappa shape index (κ1) is 21.8. The van der Waals surface area contributed by atoms with Crippen molar-refractivity contribution in [3.05, 3.63) is 59.2 Å². The Labute approximate surface area is 181 Å². The molecule has 0 nitrogen and oxygen atoms in total. The molecule has 3 aliphatic rings. The Hall–Kier alpha value is -1.44. The van der Waals surface area contributed by atoms with Crippen molar-refractivity contribution < 1.29 is 8.78 Å². The van der Waals surface area contributed by atoms with E-state index in [2.05, 4.69) is 38.2 Å². The number of hydrogen-bond donors (Lipinski definition) is 0. The lowest BCUT2D eigenvalue weighted by atomic mass is 9.76. The highest BCUT2D eigenvalue weighted by molar-refractivity contribution is 5.34. The minimum absolute atomic E-state index is 0.0217. The fraction of sp³-hybridized carbons (Fsp3) is 0.643. The van der Waals surface area contributed by atoms with Crippen LogP contribution in [0, 0.1) is 35.3 Å². The summed E-state index contributed by atoms with van der Waals surface area (Å²) in [6.07, 6.45) is 20.6. The molecule has 0 bridgehead atoms. The first-order chi connectivity index (χ1) is 14.5. The van der Waals surface area contributed by atoms with E-state index in [-0.39, 0.29) is 11.8 Å². The molecule has 30 heavy (non-hydrogen) atoms. The highest BCUT2D eigenvalue weighted by Crippen LogP contribution is 2.40. The maximum absolute atomic E-state index is 15.0. The van der Waals surface area contributed by atoms with Crippen molar-refractivity contribution >= 4 is 0 Å². The van der Waals surface area contributed by atoms with Crippen molar-refractivity contribution in [2.24, 2.45) is 23.7 Å². The van der Waals surface area contributed by atoms with Gasteiger partial charge in [0.15, 0.2) is 11.6 Å². The van der Waals surface area contributed by atoms with E-state index in [0.717, 1.165) is 50.4 Å². The molecule has 1 aromatic carbocycles. The zero-order valence-corrected chi connectivity index (χ0v) is 18.8. The lowest BCUT2D eigenvalue weighted by Gasteiger charge is -2.29. The van der Waals surface area contributed by atoms with Crippen LogP contribution in [0.15, 0.2) is 36.4 Å². The van der Waals surface area contributed by atoms with Crippen LogP contribution in [0.1, 0.15) is 101 Å². The standard InChI is InChI=1S/C28H38F2/c1-19-3-7-21(8-4-19)9-10-22-11-15-24(16-12-22)26-18-17-25(27(29)28(26)30)23-13-5-20(2)6-14-23/h5,9-10,13,17-24H,3-4,6-8,11-12,14-16H2,1-2H3/b10-9+. The van der Waals surface area contributed by atoms with Gasteiger partial charge in [-0.05, 0) is 92.1 Å². The van der Waals surface area contributed by atoms with E-state index in [0.29, 0.717) is 23.0 Å². The summed E-state index contributed by atoms with van der Waals surface area (Å²) < 4.78 is 29.9. The summed E-state index contributed by atoms with van der Waals surface area (Å²) in [5.74, 6) is 1.80. The second-order valence-electron chi connectivity index (χ2n) is 10.4. The third-order valence-electron chi connectivity index (χ3n) is 8.07. The molecule has 2 saturated carbocycles. The van der Waals surface area contributed by atoms with Crippen molar-refractivity contribution in [3.8, 4) is 0 Å². The topological polar surface area (TPSA) is 0 Å². The second-order valence-corrected chi connectivity index (χ2v) is 10.4. The summed E-state index contributed by atoms with van der Waals surface area (Å²) >= 11 is 0. The highest BCUT2D eigenvalue weighted by Gasteiger charge is 2.27. The zero-order chi connectivity index (χ0) is 21.1. The van der Waals surface area contributed by atoms with Gasteiger partial charge in [0, 0.05) is 5.92 Å². The monoisotopic (exact) mass is 412 g/mol. The summed E-state index contributed by atoms with van der Waals surface area (Å²) in [6.45, 7) is 4.54. The van der Waals surface area contributed by atoms with Gasteiger partial charge >= 0.3 is 0 Å². The van der Waals surface area contributed by atoms with E-state index in [4.69, 9.17) is 0 Å². The van der Waals surface area contributed by atoms with E-state index in [1.807, 2.05) is 12.1 Å². The molecule has 2 heteroatoms. The Morgan fingerprint density at radius 3 is 1.83 bits per heavy atom. The lowest BCUT2D eigenvalue weighted by Crippen LogP contribution is -2.15. The van der Waals surface area contributed by atoms with Crippen LogP contribution in [0.25, 0.3) is 0 Å². The first-order valence-corrected chi connectivity index (χ1v) is 12.4. The van der Waals surface area contributed by atoms with Crippen LogP contribution in [-0.4, -0.2) is 0 Å². The summed E-state index contributed by atoms with van der Waals surface area (Å²) in [5, 5.41) is 0. The van der Waals surface area contributed by atoms with Gasteiger partial charge in [-0.2, -0.15) is 0 Å². The molecule has 0 aliphatic heterocycles. The molecule has 2 atom stereocenters. The van der Waals surface area contributed by atoms with Crippen molar-refractivity contribution in [1.82, 2.24) is 0 Å². The molecule has 0 heterocycles. The Balaban J connectivity index is 1.35. The van der Waals surface area contributed by atoms with Crippen LogP contribution in [0.3, 0.4) is 0 Å². The predicted molar refractivity (Wildman–Crippen MR) is 122 cm³/mol. The van der Waals surface area contributed by atoms with E-state index in [1.54, 1.807) is 0 Å². The van der Waals surface area contributed by atoms with Gasteiger partial charge in [0.05, 0.1) is 0 Å². The Morgan fingerprint density at radius 1 is 0.667 bits per heavy atom. The summed E-state index contributed by atoms with van der Waals surface area (Å²) in [7, 11) is 0. The molecular formula is C28H38F2. The van der Waals surface area contributed by atoms with Gasteiger partial charge in [-0.3, -0.25) is 0 Å². The lowest BCUT2D eigenvalue weighted by molar-refractivity contribution is 0.326. The first-order valence-electron chi connectivity index (χ1n) is 12.4. The molecule has 1 aromatic rings. The van der Waals surface area contributed by atoms with Crippen molar-refractivity contribution in [2.75, 3.05) is 0 Å². The summed E-state index contributed by atoms with van der Waals surface area (Å²) in [6, 6.07) is 3.73. The molecule has 0 radical (unpaired) electrons. The van der Waals surface area contributed by atoms with E-state index < -0.39 is 11.6 Å². The maximum Gasteiger partial charge on any atom is 0.162 e. The quantitative estimate of drug-likeness (QED) is 0.434. The Kier molecular flexibility index (Phi) is 7.11. The molecule has 0 N–H and O–H groups in total. The van der Waals surface area contributed by atoms with E-state index in [9.17, 15) is 8.78 Å². The normalized spacial score (nSPS) is 35.1. The van der Waals surface area contributed by atoms with Crippen LogP contribution >= 0.6 is 0 Å². The van der Waals surface area contributed by atoms with E-state index in [1.165, 1.54) is 25.7 Å². The number of allylic oxidation sites excluding steroid dienone is 4. The Bertz CT molecular complexity index is 761. The number of halogens is 2. The van der Waals surface area contributed by atoms with Gasteiger partial charge in [0.1, 0.15) is 0 Å². The summed E-state index contributed by atoms with van der Waals surface area (Å²) in [4.78, 5) is 0. The number of hydrogen-bond acceptors (Lipinski definition) is 0. The van der Waals surface area contributed by atoms with Crippen LogP contribution in [0.4, 0.5) is 8.78 Å². The molecule has 0 aromatic heterocycles. The highest BCUT2D eigenvalue weighted by atomic mass is 19.2. The van der Waals surface area contributed by atoms with Gasteiger partial charge in [0.2, 0.25) is 0 Å². The molecular weight excluding hydrogens is 374 g/mol. The van der Waals surface area contributed by atoms with Crippen LogP contribution in [0.5, 0.6) is 0 Å². The largest absolute Gasteiger partial charge is 0.203 e. The van der Waals surface area contributed by atoms with Gasteiger partial charge in [-0.25, -0.2) is 8.78 Å². The van der Waals surface area contributed by atoms with Gasteiger partial charge in [0.25, 0.3) is 0 Å². The van der Waals surface area contributed by atoms with Crippen molar-refractivity contribution in [2.45, 2.75) is 89.9 Å². The minimum atomic E-state index is -0.606. The number of rotatable bonds is 4. The van der Waals surface area contributed by atoms with Gasteiger partial charge in [-0.15, -0.1) is 0 Å². The average molecular weight is 413 g/mol. The van der Waals surface area contributed by atoms with E-state index >= 15 is 0 Å². The van der Waals surface area contributed by atoms with Crippen molar-refractivity contribution in [1.29, 1.82) is 0 Å². The van der Waals surface area contributed by atoms with Crippen LogP contribution < -0.4 is 0 Å². The molecule has 0 amide bonds.